The second-order valence-corrected chi connectivity index (χ2v) is 7.06. The van der Waals surface area contributed by atoms with Crippen LogP contribution in [0.25, 0.3) is 0 Å². The molecule has 1 aromatic rings. The molecule has 0 spiro atoms. The summed E-state index contributed by atoms with van der Waals surface area (Å²) in [5, 5.41) is 11.9. The molecule has 0 saturated heterocycles. The third-order valence-electron chi connectivity index (χ3n) is 5.71. The van der Waals surface area contributed by atoms with Gasteiger partial charge in [0, 0.05) is 5.69 Å². The molecule has 0 unspecified atom stereocenters. The number of hydrogen-bond acceptors (Lipinski definition) is 2. The van der Waals surface area contributed by atoms with Crippen LogP contribution in [0.4, 0.5) is 5.69 Å². The summed E-state index contributed by atoms with van der Waals surface area (Å²) >= 11 is 0. The lowest BCUT2D eigenvalue weighted by atomic mass is 9.68. The lowest BCUT2D eigenvalue weighted by Gasteiger charge is -2.37. The summed E-state index contributed by atoms with van der Waals surface area (Å²) in [5.74, 6) is -0.449. The number of anilines is 1. The maximum atomic E-state index is 12.8. The van der Waals surface area contributed by atoms with Gasteiger partial charge in [-0.1, -0.05) is 26.0 Å². The summed E-state index contributed by atoms with van der Waals surface area (Å²) in [6.45, 7) is 8.58. The van der Waals surface area contributed by atoms with Crippen LogP contribution >= 0.6 is 0 Å². The van der Waals surface area contributed by atoms with Crippen molar-refractivity contribution in [3.63, 3.8) is 0 Å². The van der Waals surface area contributed by atoms with Crippen LogP contribution in [0.2, 0.25) is 0 Å². The molecule has 0 heterocycles. The molecule has 2 saturated carbocycles. The van der Waals surface area contributed by atoms with Gasteiger partial charge >= 0.3 is 5.97 Å². The maximum Gasteiger partial charge on any atom is 0.335 e. The standard InChI is InChI=1S/C18H21NO3/c1-11-17(2,3)13-8-9-18(11,10-13)16(22)19-14-6-4-12(5-7-14)15(20)21/h4-7,13H,1,8-10H2,2-3H3,(H,19,22)(H,20,21)/t13-,18+/m0/s1. The molecule has 2 aliphatic rings. The van der Waals surface area contributed by atoms with Gasteiger partial charge in [-0.05, 0) is 54.9 Å². The smallest absolute Gasteiger partial charge is 0.335 e. The molecule has 2 fully saturated rings. The molecule has 1 aromatic carbocycles. The third kappa shape index (κ3) is 1.97. The number of benzene rings is 1. The van der Waals surface area contributed by atoms with Gasteiger partial charge in [-0.15, -0.1) is 0 Å². The van der Waals surface area contributed by atoms with Gasteiger partial charge in [-0.3, -0.25) is 4.79 Å². The van der Waals surface area contributed by atoms with Crippen LogP contribution in [0, 0.1) is 16.7 Å². The highest BCUT2D eigenvalue weighted by atomic mass is 16.4. The summed E-state index contributed by atoms with van der Waals surface area (Å²) in [4.78, 5) is 23.7. The lowest BCUT2D eigenvalue weighted by molar-refractivity contribution is -0.123. The van der Waals surface area contributed by atoms with Gasteiger partial charge in [-0.2, -0.15) is 0 Å². The Balaban J connectivity index is 1.80. The highest BCUT2D eigenvalue weighted by molar-refractivity contribution is 5.99. The number of rotatable bonds is 3. The van der Waals surface area contributed by atoms with E-state index in [0.29, 0.717) is 11.6 Å². The minimum absolute atomic E-state index is 0.00588. The fourth-order valence-electron chi connectivity index (χ4n) is 4.09. The zero-order valence-electron chi connectivity index (χ0n) is 13.0. The van der Waals surface area contributed by atoms with Crippen molar-refractivity contribution in [2.24, 2.45) is 16.7 Å². The molecule has 0 aromatic heterocycles. The number of carbonyl (C=O) groups is 2. The topological polar surface area (TPSA) is 66.4 Å². The number of carboxylic acid groups (broad SMARTS) is 1. The first kappa shape index (κ1) is 14.8. The van der Waals surface area contributed by atoms with Crippen LogP contribution in [-0.2, 0) is 4.79 Å². The molecule has 1 amide bonds. The normalized spacial score (nSPS) is 28.6. The van der Waals surface area contributed by atoms with Crippen LogP contribution in [-0.4, -0.2) is 17.0 Å². The molecule has 0 aliphatic heterocycles. The first-order valence-electron chi connectivity index (χ1n) is 7.62. The van der Waals surface area contributed by atoms with Crippen molar-refractivity contribution in [1.82, 2.24) is 0 Å². The van der Waals surface area contributed by atoms with Crippen LogP contribution in [0.15, 0.2) is 36.4 Å². The molecule has 0 radical (unpaired) electrons. The first-order chi connectivity index (χ1) is 10.3. The molecular formula is C18H21NO3. The van der Waals surface area contributed by atoms with Gasteiger partial charge in [0.1, 0.15) is 0 Å². The van der Waals surface area contributed by atoms with Crippen molar-refractivity contribution in [2.75, 3.05) is 5.32 Å². The number of carbonyl (C=O) groups excluding carboxylic acids is 1. The predicted molar refractivity (Wildman–Crippen MR) is 84.7 cm³/mol. The molecule has 3 rings (SSSR count). The van der Waals surface area contributed by atoms with E-state index in [9.17, 15) is 9.59 Å². The molecule has 4 heteroatoms. The highest BCUT2D eigenvalue weighted by Gasteiger charge is 2.60. The van der Waals surface area contributed by atoms with E-state index < -0.39 is 11.4 Å². The molecule has 4 nitrogen and oxygen atoms in total. The Morgan fingerprint density at radius 3 is 2.41 bits per heavy atom. The molecule has 2 atom stereocenters. The van der Waals surface area contributed by atoms with Gasteiger partial charge in [0.2, 0.25) is 5.91 Å². The SMILES string of the molecule is C=C1C(C)(C)[C@H]2CC[C@@]1(C(=O)Nc1ccc(C(=O)O)cc1)C2. The fraction of sp³-hybridized carbons (Fsp3) is 0.444. The van der Waals surface area contributed by atoms with E-state index in [2.05, 4.69) is 25.7 Å². The maximum absolute atomic E-state index is 12.8. The summed E-state index contributed by atoms with van der Waals surface area (Å²) in [6, 6.07) is 6.27. The van der Waals surface area contributed by atoms with E-state index in [1.807, 2.05) is 0 Å². The largest absolute Gasteiger partial charge is 0.478 e. The number of hydrogen-bond donors (Lipinski definition) is 2. The summed E-state index contributed by atoms with van der Waals surface area (Å²) in [7, 11) is 0. The minimum Gasteiger partial charge on any atom is -0.478 e. The van der Waals surface area contributed by atoms with Crippen molar-refractivity contribution >= 4 is 17.6 Å². The van der Waals surface area contributed by atoms with Gasteiger partial charge < -0.3 is 10.4 Å². The van der Waals surface area contributed by atoms with Crippen LogP contribution in [0.1, 0.15) is 43.5 Å². The van der Waals surface area contributed by atoms with E-state index in [1.54, 1.807) is 12.1 Å². The van der Waals surface area contributed by atoms with E-state index >= 15 is 0 Å². The Morgan fingerprint density at radius 2 is 1.91 bits per heavy atom. The van der Waals surface area contributed by atoms with Gasteiger partial charge in [-0.25, -0.2) is 4.79 Å². The van der Waals surface area contributed by atoms with Crippen LogP contribution < -0.4 is 5.32 Å². The number of nitrogens with one attached hydrogen (secondary N) is 1. The van der Waals surface area contributed by atoms with Crippen molar-refractivity contribution < 1.29 is 14.7 Å². The average molecular weight is 299 g/mol. The number of aromatic carboxylic acids is 1. The molecule has 2 aliphatic carbocycles. The van der Waals surface area contributed by atoms with Crippen LogP contribution in [0.3, 0.4) is 0 Å². The van der Waals surface area contributed by atoms with Crippen LogP contribution in [0.5, 0.6) is 0 Å². The zero-order chi connectivity index (χ0) is 16.1. The summed E-state index contributed by atoms with van der Waals surface area (Å²) in [6.07, 6.45) is 2.80. The molecule has 2 N–H and O–H groups in total. The first-order valence-corrected chi connectivity index (χ1v) is 7.62. The van der Waals surface area contributed by atoms with Crippen molar-refractivity contribution in [3.8, 4) is 0 Å². The van der Waals surface area contributed by atoms with Gasteiger partial charge in [0.05, 0.1) is 11.0 Å². The number of amides is 1. The zero-order valence-corrected chi connectivity index (χ0v) is 13.0. The third-order valence-corrected chi connectivity index (χ3v) is 5.71. The monoisotopic (exact) mass is 299 g/mol. The number of fused-ring (bicyclic) bond motifs is 2. The van der Waals surface area contributed by atoms with E-state index in [4.69, 9.17) is 5.11 Å². The van der Waals surface area contributed by atoms with Crippen molar-refractivity contribution in [3.05, 3.63) is 42.0 Å². The Hall–Kier alpha value is -2.10. The van der Waals surface area contributed by atoms with Gasteiger partial charge in [0.15, 0.2) is 0 Å². The van der Waals surface area contributed by atoms with Crippen molar-refractivity contribution in [1.29, 1.82) is 0 Å². The second kappa shape index (κ2) is 4.70. The van der Waals surface area contributed by atoms with Gasteiger partial charge in [0.25, 0.3) is 0 Å². The quantitative estimate of drug-likeness (QED) is 0.836. The second-order valence-electron chi connectivity index (χ2n) is 7.06. The Morgan fingerprint density at radius 1 is 1.27 bits per heavy atom. The van der Waals surface area contributed by atoms with E-state index in [0.717, 1.165) is 24.8 Å². The predicted octanol–water partition coefficient (Wildman–Crippen LogP) is 3.71. The lowest BCUT2D eigenvalue weighted by Crippen LogP contribution is -2.37. The van der Waals surface area contributed by atoms with E-state index in [-0.39, 0.29) is 16.9 Å². The Labute approximate surface area is 130 Å². The van der Waals surface area contributed by atoms with Crippen molar-refractivity contribution in [2.45, 2.75) is 33.1 Å². The number of carboxylic acids is 1. The summed E-state index contributed by atoms with van der Waals surface area (Å²) < 4.78 is 0. The van der Waals surface area contributed by atoms with E-state index in [1.165, 1.54) is 12.1 Å². The minimum atomic E-state index is -0.971. The fourth-order valence-corrected chi connectivity index (χ4v) is 4.09. The Kier molecular flexibility index (Phi) is 3.17. The molecular weight excluding hydrogens is 278 g/mol. The average Bonchev–Trinajstić information content (AvgIpc) is 3.00. The Bertz CT molecular complexity index is 659. The summed E-state index contributed by atoms with van der Waals surface area (Å²) in [5.41, 5.74) is 1.44. The highest BCUT2D eigenvalue weighted by Crippen LogP contribution is 2.65. The molecule has 22 heavy (non-hydrogen) atoms. The molecule has 116 valence electrons. The molecule has 2 bridgehead atoms.